The first-order valence-corrected chi connectivity index (χ1v) is 6.95. The maximum Gasteiger partial charge on any atom is 0.270 e. The lowest BCUT2D eigenvalue weighted by molar-refractivity contribution is -0.384. The molecule has 0 aliphatic carbocycles. The van der Waals surface area contributed by atoms with Crippen molar-refractivity contribution in [1.29, 1.82) is 0 Å². The molecule has 4 nitrogen and oxygen atoms in total. The summed E-state index contributed by atoms with van der Waals surface area (Å²) < 4.78 is 0.804. The lowest BCUT2D eigenvalue weighted by Crippen LogP contribution is -2.38. The van der Waals surface area contributed by atoms with Crippen molar-refractivity contribution >= 4 is 27.3 Å². The van der Waals surface area contributed by atoms with Crippen LogP contribution in [0.25, 0.3) is 0 Å². The Morgan fingerprint density at radius 1 is 1.33 bits per heavy atom. The monoisotopic (exact) mass is 312 g/mol. The first-order chi connectivity index (χ1) is 8.47. The second kappa shape index (κ2) is 5.26. The summed E-state index contributed by atoms with van der Waals surface area (Å²) in [4.78, 5) is 12.7. The largest absolute Gasteiger partial charge is 0.370 e. The van der Waals surface area contributed by atoms with Crippen LogP contribution in [0.2, 0.25) is 0 Å². The fourth-order valence-corrected chi connectivity index (χ4v) is 3.34. The van der Waals surface area contributed by atoms with Gasteiger partial charge in [-0.15, -0.1) is 0 Å². The van der Waals surface area contributed by atoms with Crippen molar-refractivity contribution in [1.82, 2.24) is 0 Å². The lowest BCUT2D eigenvalue weighted by Gasteiger charge is -2.37. The fraction of sp³-hybridized carbons (Fsp3) is 0.538. The number of halogens is 1. The lowest BCUT2D eigenvalue weighted by atomic mass is 9.91. The molecule has 0 bridgehead atoms. The Labute approximate surface area is 115 Å². The number of non-ortho nitro benzene ring substituents is 1. The molecule has 0 saturated carbocycles. The maximum absolute atomic E-state index is 10.7. The molecule has 0 N–H and O–H groups in total. The molecule has 0 spiro atoms. The van der Waals surface area contributed by atoms with Crippen molar-refractivity contribution < 1.29 is 4.92 Å². The van der Waals surface area contributed by atoms with E-state index < -0.39 is 0 Å². The van der Waals surface area contributed by atoms with Crippen molar-refractivity contribution in [2.24, 2.45) is 11.8 Å². The number of hydrogen-bond donors (Lipinski definition) is 0. The number of benzene rings is 1. The molecule has 1 aromatic carbocycles. The van der Waals surface area contributed by atoms with Crippen LogP contribution in [0.4, 0.5) is 11.4 Å². The van der Waals surface area contributed by atoms with Crippen LogP contribution in [-0.4, -0.2) is 18.0 Å². The van der Waals surface area contributed by atoms with Crippen molar-refractivity contribution in [2.75, 3.05) is 18.0 Å². The Morgan fingerprint density at radius 3 is 2.44 bits per heavy atom. The van der Waals surface area contributed by atoms with Crippen LogP contribution in [0.5, 0.6) is 0 Å². The first-order valence-electron chi connectivity index (χ1n) is 6.16. The van der Waals surface area contributed by atoms with E-state index in [-0.39, 0.29) is 10.6 Å². The number of hydrogen-bond acceptors (Lipinski definition) is 3. The molecule has 1 fully saturated rings. The summed E-state index contributed by atoms with van der Waals surface area (Å²) in [7, 11) is 0. The van der Waals surface area contributed by atoms with E-state index in [1.807, 2.05) is 6.07 Å². The molecule has 0 amide bonds. The van der Waals surface area contributed by atoms with Crippen LogP contribution in [0.1, 0.15) is 20.3 Å². The van der Waals surface area contributed by atoms with Crippen LogP contribution < -0.4 is 4.90 Å². The molecule has 1 heterocycles. The first kappa shape index (κ1) is 13.3. The number of anilines is 1. The van der Waals surface area contributed by atoms with Gasteiger partial charge in [0.2, 0.25) is 0 Å². The zero-order valence-corrected chi connectivity index (χ0v) is 12.2. The minimum atomic E-state index is -0.365. The van der Waals surface area contributed by atoms with E-state index in [4.69, 9.17) is 0 Å². The molecule has 98 valence electrons. The van der Waals surface area contributed by atoms with Crippen molar-refractivity contribution in [3.05, 3.63) is 32.8 Å². The van der Waals surface area contributed by atoms with Crippen LogP contribution in [0.15, 0.2) is 22.7 Å². The molecule has 5 heteroatoms. The van der Waals surface area contributed by atoms with Crippen molar-refractivity contribution in [3.63, 3.8) is 0 Å². The van der Waals surface area contributed by atoms with Crippen LogP contribution in [0.3, 0.4) is 0 Å². The highest BCUT2D eigenvalue weighted by Crippen LogP contribution is 2.33. The minimum absolute atomic E-state index is 0.128. The highest BCUT2D eigenvalue weighted by molar-refractivity contribution is 9.10. The Hall–Kier alpha value is -1.10. The molecule has 0 unspecified atom stereocenters. The van der Waals surface area contributed by atoms with Gasteiger partial charge in [-0.25, -0.2) is 0 Å². The number of nitro benzene ring substituents is 1. The molecule has 1 aliphatic rings. The van der Waals surface area contributed by atoms with Gasteiger partial charge in [0, 0.05) is 29.7 Å². The summed E-state index contributed by atoms with van der Waals surface area (Å²) in [6.45, 7) is 6.53. The number of nitro groups is 1. The second-order valence-electron chi connectivity index (χ2n) is 5.24. The van der Waals surface area contributed by atoms with Gasteiger partial charge in [-0.2, -0.15) is 0 Å². The van der Waals surface area contributed by atoms with Gasteiger partial charge >= 0.3 is 0 Å². The van der Waals surface area contributed by atoms with Gasteiger partial charge in [-0.1, -0.05) is 13.8 Å². The molecule has 1 saturated heterocycles. The molecule has 1 aliphatic heterocycles. The summed E-state index contributed by atoms with van der Waals surface area (Å²) >= 11 is 3.44. The van der Waals surface area contributed by atoms with Gasteiger partial charge in [0.15, 0.2) is 0 Å². The van der Waals surface area contributed by atoms with Crippen LogP contribution >= 0.6 is 15.9 Å². The summed E-state index contributed by atoms with van der Waals surface area (Å²) in [6, 6.07) is 5.00. The Morgan fingerprint density at radius 2 is 1.94 bits per heavy atom. The third kappa shape index (κ3) is 2.83. The highest BCUT2D eigenvalue weighted by atomic mass is 79.9. The molecule has 2 atom stereocenters. The van der Waals surface area contributed by atoms with Crippen molar-refractivity contribution in [3.8, 4) is 0 Å². The van der Waals surface area contributed by atoms with Gasteiger partial charge in [-0.05, 0) is 40.3 Å². The van der Waals surface area contributed by atoms with E-state index in [9.17, 15) is 10.1 Å². The van der Waals surface area contributed by atoms with Gasteiger partial charge in [-0.3, -0.25) is 10.1 Å². The summed E-state index contributed by atoms with van der Waals surface area (Å²) in [5.41, 5.74) is 1.18. The number of rotatable bonds is 2. The number of nitrogens with zero attached hydrogens (tertiary/aromatic N) is 2. The predicted octanol–water partition coefficient (Wildman–Crippen LogP) is 3.84. The second-order valence-corrected chi connectivity index (χ2v) is 6.10. The van der Waals surface area contributed by atoms with E-state index in [0.29, 0.717) is 11.8 Å². The molecule has 1 aromatic rings. The SMILES string of the molecule is C[C@H]1C[C@H](C)CN(c2ccc([N+](=O)[O-])cc2Br)C1. The van der Waals surface area contributed by atoms with E-state index >= 15 is 0 Å². The third-order valence-electron chi connectivity index (χ3n) is 3.35. The van der Waals surface area contributed by atoms with E-state index in [1.54, 1.807) is 12.1 Å². The zero-order valence-electron chi connectivity index (χ0n) is 10.6. The van der Waals surface area contributed by atoms with Gasteiger partial charge < -0.3 is 4.90 Å². The Bertz CT molecular complexity index is 454. The molecular formula is C13H17BrN2O2. The smallest absolute Gasteiger partial charge is 0.270 e. The van der Waals surface area contributed by atoms with Crippen LogP contribution in [-0.2, 0) is 0 Å². The van der Waals surface area contributed by atoms with E-state index in [1.165, 1.54) is 6.42 Å². The molecule has 2 rings (SSSR count). The van der Waals surface area contributed by atoms with Crippen molar-refractivity contribution in [2.45, 2.75) is 20.3 Å². The van der Waals surface area contributed by atoms with Gasteiger partial charge in [0.25, 0.3) is 5.69 Å². The fourth-order valence-electron chi connectivity index (χ4n) is 2.73. The average Bonchev–Trinajstić information content (AvgIpc) is 2.27. The number of piperidine rings is 1. The van der Waals surface area contributed by atoms with E-state index in [0.717, 1.165) is 23.2 Å². The molecular weight excluding hydrogens is 296 g/mol. The van der Waals surface area contributed by atoms with Gasteiger partial charge in [0.05, 0.1) is 10.6 Å². The maximum atomic E-state index is 10.7. The Kier molecular flexibility index (Phi) is 3.90. The highest BCUT2D eigenvalue weighted by Gasteiger charge is 2.23. The Balaban J connectivity index is 2.25. The quantitative estimate of drug-likeness (QED) is 0.615. The summed E-state index contributed by atoms with van der Waals surface area (Å²) in [5.74, 6) is 1.33. The minimum Gasteiger partial charge on any atom is -0.370 e. The topological polar surface area (TPSA) is 46.4 Å². The summed E-state index contributed by atoms with van der Waals surface area (Å²) in [5, 5.41) is 10.7. The average molecular weight is 313 g/mol. The molecule has 0 radical (unpaired) electrons. The molecule has 18 heavy (non-hydrogen) atoms. The molecule has 0 aromatic heterocycles. The normalized spacial score (nSPS) is 24.1. The third-order valence-corrected chi connectivity index (χ3v) is 3.99. The van der Waals surface area contributed by atoms with Crippen LogP contribution in [0, 0.1) is 22.0 Å². The predicted molar refractivity (Wildman–Crippen MR) is 76.0 cm³/mol. The zero-order chi connectivity index (χ0) is 13.3. The van der Waals surface area contributed by atoms with Gasteiger partial charge in [0.1, 0.15) is 0 Å². The standard InChI is InChI=1S/C13H17BrN2O2/c1-9-5-10(2)8-15(7-9)13-4-3-11(16(17)18)6-12(13)14/h3-4,6,9-10H,5,7-8H2,1-2H3/t9-,10-/m0/s1. The van der Waals surface area contributed by atoms with E-state index in [2.05, 4.69) is 34.7 Å². The summed E-state index contributed by atoms with van der Waals surface area (Å²) in [6.07, 6.45) is 1.25.